The van der Waals surface area contributed by atoms with Gasteiger partial charge >= 0.3 is 0 Å². The van der Waals surface area contributed by atoms with Crippen LogP contribution in [0.3, 0.4) is 0 Å². The van der Waals surface area contributed by atoms with Crippen LogP contribution in [0.25, 0.3) is 0 Å². The number of rotatable bonds is 9. The number of carbonyl (C=O) groups is 1. The summed E-state index contributed by atoms with van der Waals surface area (Å²) >= 11 is 4.41. The van der Waals surface area contributed by atoms with Gasteiger partial charge < -0.3 is 9.80 Å². The standard InChI is InChI=1S/C14H30N2OS/c1-6-15(7-2)10-9-11-16(8-3)14(17)13(18)12(4)5/h12-13,18H,6-11H2,1-5H3. The maximum Gasteiger partial charge on any atom is 0.235 e. The van der Waals surface area contributed by atoms with Gasteiger partial charge in [0.25, 0.3) is 0 Å². The molecule has 3 nitrogen and oxygen atoms in total. The zero-order valence-corrected chi connectivity index (χ0v) is 13.5. The molecule has 18 heavy (non-hydrogen) atoms. The van der Waals surface area contributed by atoms with Crippen LogP contribution in [0.2, 0.25) is 0 Å². The SMILES string of the molecule is CCN(CC)CCCN(CC)C(=O)C(S)C(C)C. The molecule has 0 spiro atoms. The molecule has 1 amide bonds. The van der Waals surface area contributed by atoms with Crippen LogP contribution in [-0.4, -0.2) is 53.7 Å². The van der Waals surface area contributed by atoms with Crippen molar-refractivity contribution >= 4 is 18.5 Å². The van der Waals surface area contributed by atoms with E-state index in [-0.39, 0.29) is 17.1 Å². The van der Waals surface area contributed by atoms with Crippen molar-refractivity contribution in [2.75, 3.05) is 32.7 Å². The first-order chi connectivity index (χ1) is 8.47. The van der Waals surface area contributed by atoms with Crippen molar-refractivity contribution in [3.63, 3.8) is 0 Å². The van der Waals surface area contributed by atoms with E-state index in [9.17, 15) is 4.79 Å². The fourth-order valence-electron chi connectivity index (χ4n) is 1.92. The van der Waals surface area contributed by atoms with E-state index in [0.29, 0.717) is 0 Å². The van der Waals surface area contributed by atoms with Crippen LogP contribution in [0.5, 0.6) is 0 Å². The molecule has 0 saturated carbocycles. The van der Waals surface area contributed by atoms with E-state index in [4.69, 9.17) is 0 Å². The first-order valence-electron chi connectivity index (χ1n) is 7.17. The Morgan fingerprint density at radius 1 is 1.06 bits per heavy atom. The highest BCUT2D eigenvalue weighted by atomic mass is 32.1. The number of hydrogen-bond acceptors (Lipinski definition) is 3. The quantitative estimate of drug-likeness (QED) is 0.653. The van der Waals surface area contributed by atoms with Gasteiger partial charge in [0, 0.05) is 13.1 Å². The molecule has 1 unspecified atom stereocenters. The highest BCUT2D eigenvalue weighted by molar-refractivity contribution is 7.81. The molecule has 0 aliphatic rings. The van der Waals surface area contributed by atoms with Crippen LogP contribution < -0.4 is 0 Å². The number of thiol groups is 1. The molecule has 4 heteroatoms. The third-order valence-electron chi connectivity index (χ3n) is 3.37. The molecule has 0 aromatic carbocycles. The molecule has 0 saturated heterocycles. The van der Waals surface area contributed by atoms with Gasteiger partial charge in [-0.1, -0.05) is 27.7 Å². The van der Waals surface area contributed by atoms with E-state index in [1.807, 2.05) is 25.7 Å². The summed E-state index contributed by atoms with van der Waals surface area (Å²) in [6.07, 6.45) is 1.04. The summed E-state index contributed by atoms with van der Waals surface area (Å²) in [5, 5.41) is -0.168. The number of amides is 1. The second-order valence-electron chi connectivity index (χ2n) is 4.99. The topological polar surface area (TPSA) is 23.6 Å². The average molecular weight is 274 g/mol. The molecular weight excluding hydrogens is 244 g/mol. The van der Waals surface area contributed by atoms with Crippen molar-refractivity contribution in [1.82, 2.24) is 9.80 Å². The molecule has 1 atom stereocenters. The van der Waals surface area contributed by atoms with Gasteiger partial charge in [-0.25, -0.2) is 0 Å². The zero-order valence-electron chi connectivity index (χ0n) is 12.6. The van der Waals surface area contributed by atoms with Crippen LogP contribution in [0.15, 0.2) is 0 Å². The van der Waals surface area contributed by atoms with Crippen molar-refractivity contribution in [2.45, 2.75) is 46.3 Å². The molecule has 0 aliphatic carbocycles. The molecule has 0 bridgehead atoms. The molecule has 108 valence electrons. The van der Waals surface area contributed by atoms with Crippen molar-refractivity contribution in [1.29, 1.82) is 0 Å². The minimum atomic E-state index is -0.168. The maximum absolute atomic E-state index is 12.2. The summed E-state index contributed by atoms with van der Waals surface area (Å²) in [6, 6.07) is 0. The van der Waals surface area contributed by atoms with E-state index < -0.39 is 0 Å². The van der Waals surface area contributed by atoms with Gasteiger partial charge in [0.1, 0.15) is 0 Å². The van der Waals surface area contributed by atoms with Crippen molar-refractivity contribution < 1.29 is 4.79 Å². The Balaban J connectivity index is 4.15. The van der Waals surface area contributed by atoms with Gasteiger partial charge in [-0.3, -0.25) is 4.79 Å². The summed E-state index contributed by atoms with van der Waals surface area (Å²) < 4.78 is 0. The van der Waals surface area contributed by atoms with Crippen LogP contribution in [-0.2, 0) is 4.79 Å². The minimum Gasteiger partial charge on any atom is -0.342 e. The molecule has 0 aromatic heterocycles. The lowest BCUT2D eigenvalue weighted by Gasteiger charge is -2.27. The van der Waals surface area contributed by atoms with Crippen LogP contribution in [0.1, 0.15) is 41.0 Å². The Hall–Kier alpha value is -0.220. The predicted octanol–water partition coefficient (Wildman–Crippen LogP) is 2.52. The Morgan fingerprint density at radius 2 is 1.61 bits per heavy atom. The summed E-state index contributed by atoms with van der Waals surface area (Å²) in [7, 11) is 0. The van der Waals surface area contributed by atoms with E-state index in [0.717, 1.165) is 39.1 Å². The Labute approximate surface area is 118 Å². The normalized spacial score (nSPS) is 13.1. The second kappa shape index (κ2) is 9.68. The molecule has 0 rings (SSSR count). The smallest absolute Gasteiger partial charge is 0.235 e. The first-order valence-corrected chi connectivity index (χ1v) is 7.68. The Bertz CT molecular complexity index is 230. The van der Waals surface area contributed by atoms with Gasteiger partial charge in [-0.15, -0.1) is 0 Å². The highest BCUT2D eigenvalue weighted by Gasteiger charge is 2.22. The molecule has 0 fully saturated rings. The summed E-state index contributed by atoms with van der Waals surface area (Å²) in [6.45, 7) is 15.3. The van der Waals surface area contributed by atoms with Gasteiger partial charge in [-0.2, -0.15) is 12.6 Å². The highest BCUT2D eigenvalue weighted by Crippen LogP contribution is 2.12. The van der Waals surface area contributed by atoms with Gasteiger partial charge in [-0.05, 0) is 38.9 Å². The van der Waals surface area contributed by atoms with Crippen LogP contribution >= 0.6 is 12.6 Å². The van der Waals surface area contributed by atoms with Crippen LogP contribution in [0, 0.1) is 5.92 Å². The Morgan fingerprint density at radius 3 is 2.00 bits per heavy atom. The maximum atomic E-state index is 12.2. The van der Waals surface area contributed by atoms with E-state index in [1.54, 1.807) is 0 Å². The second-order valence-corrected chi connectivity index (χ2v) is 5.54. The van der Waals surface area contributed by atoms with Crippen LogP contribution in [0.4, 0.5) is 0 Å². The lowest BCUT2D eigenvalue weighted by molar-refractivity contribution is -0.131. The van der Waals surface area contributed by atoms with Crippen molar-refractivity contribution in [3.05, 3.63) is 0 Å². The number of carbonyl (C=O) groups excluding carboxylic acids is 1. The van der Waals surface area contributed by atoms with Gasteiger partial charge in [0.05, 0.1) is 5.25 Å². The first kappa shape index (κ1) is 17.8. The van der Waals surface area contributed by atoms with Crippen molar-refractivity contribution in [2.24, 2.45) is 5.92 Å². The summed E-state index contributed by atoms with van der Waals surface area (Å²) in [5.74, 6) is 0.466. The monoisotopic (exact) mass is 274 g/mol. The molecular formula is C14H30N2OS. The largest absolute Gasteiger partial charge is 0.342 e. The molecule has 0 N–H and O–H groups in total. The number of nitrogens with zero attached hydrogens (tertiary/aromatic N) is 2. The van der Waals surface area contributed by atoms with E-state index in [1.165, 1.54) is 0 Å². The lowest BCUT2D eigenvalue weighted by atomic mass is 10.1. The Kier molecular flexibility index (Phi) is 9.56. The fraction of sp³-hybridized carbons (Fsp3) is 0.929. The van der Waals surface area contributed by atoms with E-state index >= 15 is 0 Å². The summed E-state index contributed by atoms with van der Waals surface area (Å²) in [4.78, 5) is 16.5. The number of hydrogen-bond donors (Lipinski definition) is 1. The van der Waals surface area contributed by atoms with E-state index in [2.05, 4.69) is 31.4 Å². The molecule has 0 heterocycles. The third kappa shape index (κ3) is 6.10. The van der Waals surface area contributed by atoms with Gasteiger partial charge in [0.2, 0.25) is 5.91 Å². The minimum absolute atomic E-state index is 0.168. The lowest BCUT2D eigenvalue weighted by Crippen LogP contribution is -2.40. The molecule has 0 aromatic rings. The van der Waals surface area contributed by atoms with Crippen molar-refractivity contribution in [3.8, 4) is 0 Å². The zero-order chi connectivity index (χ0) is 14.1. The molecule has 0 radical (unpaired) electrons. The predicted molar refractivity (Wildman–Crippen MR) is 82.3 cm³/mol. The molecule has 0 aliphatic heterocycles. The third-order valence-corrected chi connectivity index (χ3v) is 4.19. The average Bonchev–Trinajstić information content (AvgIpc) is 2.37. The van der Waals surface area contributed by atoms with Gasteiger partial charge in [0.15, 0.2) is 0 Å². The fourth-order valence-corrected chi connectivity index (χ4v) is 2.08. The summed E-state index contributed by atoms with van der Waals surface area (Å²) in [5.41, 5.74) is 0.